The van der Waals surface area contributed by atoms with Crippen molar-refractivity contribution in [3.63, 3.8) is 0 Å². The minimum absolute atomic E-state index is 0.246. The Labute approximate surface area is 129 Å². The van der Waals surface area contributed by atoms with Gasteiger partial charge in [0.25, 0.3) is 5.97 Å². The predicted octanol–water partition coefficient (Wildman–Crippen LogP) is 3.19. The maximum atomic E-state index is 13.4. The second-order valence-electron chi connectivity index (χ2n) is 4.26. The van der Waals surface area contributed by atoms with Crippen LogP contribution in [0.15, 0.2) is 42.5 Å². The van der Waals surface area contributed by atoms with Gasteiger partial charge < -0.3 is 5.11 Å². The Morgan fingerprint density at radius 1 is 1.04 bits per heavy atom. The van der Waals surface area contributed by atoms with E-state index in [1.165, 1.54) is 12.1 Å². The van der Waals surface area contributed by atoms with Crippen LogP contribution in [0.25, 0.3) is 0 Å². The molecule has 0 aliphatic rings. The molecule has 2 rings (SSSR count). The molecule has 0 aromatic heterocycles. The number of ketones is 1. The molecule has 1 N–H and O–H groups in total. The first-order valence-electron chi connectivity index (χ1n) is 6.16. The molecule has 6 nitrogen and oxygen atoms in total. The van der Waals surface area contributed by atoms with E-state index in [4.69, 9.17) is 9.90 Å². The first-order valence-corrected chi connectivity index (χ1v) is 6.16. The normalized spacial score (nSPS) is 9.52. The molecule has 0 radical (unpaired) electrons. The lowest BCUT2D eigenvalue weighted by atomic mass is 10.0. The van der Waals surface area contributed by atoms with Crippen LogP contribution >= 0.6 is 0 Å². The van der Waals surface area contributed by atoms with Crippen molar-refractivity contribution in [3.05, 3.63) is 75.3 Å². The van der Waals surface area contributed by atoms with Crippen LogP contribution in [0.4, 0.5) is 14.5 Å². The molecule has 0 aliphatic heterocycles. The van der Waals surface area contributed by atoms with Crippen molar-refractivity contribution >= 4 is 17.4 Å². The number of carboxylic acid groups (broad SMARTS) is 1. The third-order valence-electron chi connectivity index (χ3n) is 2.50. The summed E-state index contributed by atoms with van der Waals surface area (Å²) in [5.74, 6) is -4.18. The van der Waals surface area contributed by atoms with Crippen LogP contribution in [-0.4, -0.2) is 21.8 Å². The molecule has 23 heavy (non-hydrogen) atoms. The lowest BCUT2D eigenvalue weighted by Crippen LogP contribution is -2.05. The van der Waals surface area contributed by atoms with Crippen LogP contribution in [0.2, 0.25) is 0 Å². The molecule has 0 heterocycles. The highest BCUT2D eigenvalue weighted by molar-refractivity contribution is 6.09. The largest absolute Gasteiger partial charge is 0.481 e. The quantitative estimate of drug-likeness (QED) is 0.531. The van der Waals surface area contributed by atoms with Crippen molar-refractivity contribution < 1.29 is 28.4 Å². The van der Waals surface area contributed by atoms with E-state index < -0.39 is 34.0 Å². The molecule has 0 aliphatic carbocycles. The maximum Gasteiger partial charge on any atom is 0.340 e. The first-order chi connectivity index (χ1) is 10.7. The molecule has 0 spiro atoms. The Balaban J connectivity index is 0.000000593. The third-order valence-corrected chi connectivity index (χ3v) is 2.50. The van der Waals surface area contributed by atoms with E-state index in [1.807, 2.05) is 0 Å². The molecular formula is C15H11F2NO5. The lowest BCUT2D eigenvalue weighted by Gasteiger charge is -2.02. The molecule has 2 aromatic carbocycles. The van der Waals surface area contributed by atoms with Gasteiger partial charge in [0.05, 0.1) is 4.92 Å². The fourth-order valence-corrected chi connectivity index (χ4v) is 1.63. The third kappa shape index (κ3) is 4.95. The summed E-state index contributed by atoms with van der Waals surface area (Å²) in [6.45, 7) is 1.08. The molecule has 0 bridgehead atoms. The number of rotatable bonds is 3. The molecule has 0 fully saturated rings. The number of hydrogen-bond acceptors (Lipinski definition) is 4. The molecule has 0 saturated heterocycles. The van der Waals surface area contributed by atoms with E-state index in [-0.39, 0.29) is 11.1 Å². The highest BCUT2D eigenvalue weighted by Crippen LogP contribution is 2.24. The van der Waals surface area contributed by atoms with Crippen LogP contribution < -0.4 is 0 Å². The number of hydrogen-bond donors (Lipinski definition) is 1. The second-order valence-corrected chi connectivity index (χ2v) is 4.26. The summed E-state index contributed by atoms with van der Waals surface area (Å²) in [5.41, 5.74) is -1.29. The topological polar surface area (TPSA) is 97.5 Å². The summed E-state index contributed by atoms with van der Waals surface area (Å²) >= 11 is 0. The zero-order chi connectivity index (χ0) is 17.6. The van der Waals surface area contributed by atoms with Gasteiger partial charge in [-0.05, 0) is 12.1 Å². The monoisotopic (exact) mass is 323 g/mol. The second kappa shape index (κ2) is 7.74. The fraction of sp³-hybridized carbons (Fsp3) is 0.0667. The number of halogens is 2. The van der Waals surface area contributed by atoms with Gasteiger partial charge in [0.1, 0.15) is 0 Å². The minimum Gasteiger partial charge on any atom is -0.481 e. The molecule has 2 aromatic rings. The number of aliphatic carboxylic acids is 1. The van der Waals surface area contributed by atoms with Crippen LogP contribution in [-0.2, 0) is 4.79 Å². The van der Waals surface area contributed by atoms with Gasteiger partial charge in [0, 0.05) is 18.1 Å². The number of carbonyl (C=O) groups is 2. The summed E-state index contributed by atoms with van der Waals surface area (Å²) in [4.78, 5) is 30.2. The predicted molar refractivity (Wildman–Crippen MR) is 76.2 cm³/mol. The van der Waals surface area contributed by atoms with Gasteiger partial charge in [0.2, 0.25) is 11.6 Å². The summed E-state index contributed by atoms with van der Waals surface area (Å²) in [7, 11) is 0. The summed E-state index contributed by atoms with van der Waals surface area (Å²) in [6.07, 6.45) is 0. The number of nitro benzene ring substituents is 1. The van der Waals surface area contributed by atoms with Gasteiger partial charge in [-0.1, -0.05) is 30.3 Å². The maximum absolute atomic E-state index is 13.4. The standard InChI is InChI=1S/C13H7F2NO3.C2H4O2/c14-10-6-9(7-11(15)12(10)16(18)19)13(17)8-4-2-1-3-5-8;1-2(3)4/h1-7H;1H3,(H,3,4). The van der Waals surface area contributed by atoms with E-state index in [0.29, 0.717) is 12.1 Å². The van der Waals surface area contributed by atoms with Crippen LogP contribution in [0.5, 0.6) is 0 Å². The Morgan fingerprint density at radius 3 is 1.87 bits per heavy atom. The average molecular weight is 323 g/mol. The smallest absolute Gasteiger partial charge is 0.340 e. The van der Waals surface area contributed by atoms with Gasteiger partial charge in [0.15, 0.2) is 5.78 Å². The van der Waals surface area contributed by atoms with Gasteiger partial charge >= 0.3 is 5.69 Å². The zero-order valence-corrected chi connectivity index (χ0v) is 11.8. The number of nitrogens with zero attached hydrogens (tertiary/aromatic N) is 1. The lowest BCUT2D eigenvalue weighted by molar-refractivity contribution is -0.390. The van der Waals surface area contributed by atoms with E-state index in [1.54, 1.807) is 18.2 Å². The Hall–Kier alpha value is -3.16. The number of carboxylic acids is 1. The molecule has 0 unspecified atom stereocenters. The minimum atomic E-state index is -1.37. The van der Waals surface area contributed by atoms with Crippen molar-refractivity contribution in [2.24, 2.45) is 0 Å². The van der Waals surface area contributed by atoms with E-state index in [0.717, 1.165) is 6.92 Å². The van der Waals surface area contributed by atoms with Gasteiger partial charge in [-0.25, -0.2) is 0 Å². The highest BCUT2D eigenvalue weighted by Gasteiger charge is 2.24. The van der Waals surface area contributed by atoms with Crippen molar-refractivity contribution in [2.45, 2.75) is 6.92 Å². The average Bonchev–Trinajstić information content (AvgIpc) is 2.45. The molecule has 0 amide bonds. The van der Waals surface area contributed by atoms with Crippen molar-refractivity contribution in [1.29, 1.82) is 0 Å². The first kappa shape index (κ1) is 17.9. The SMILES string of the molecule is CC(=O)O.O=C(c1ccccc1)c1cc(F)c([N+](=O)[O-])c(F)c1. The van der Waals surface area contributed by atoms with Crippen molar-refractivity contribution in [1.82, 2.24) is 0 Å². The van der Waals surface area contributed by atoms with E-state index >= 15 is 0 Å². The molecule has 0 saturated carbocycles. The van der Waals surface area contributed by atoms with Gasteiger partial charge in [-0.15, -0.1) is 0 Å². The van der Waals surface area contributed by atoms with Crippen molar-refractivity contribution in [3.8, 4) is 0 Å². The van der Waals surface area contributed by atoms with E-state index in [2.05, 4.69) is 0 Å². The van der Waals surface area contributed by atoms with Crippen molar-refractivity contribution in [2.75, 3.05) is 0 Å². The number of benzene rings is 2. The molecule has 8 heteroatoms. The van der Waals surface area contributed by atoms with Gasteiger partial charge in [-0.2, -0.15) is 8.78 Å². The highest BCUT2D eigenvalue weighted by atomic mass is 19.1. The zero-order valence-electron chi connectivity index (χ0n) is 11.8. The fourth-order valence-electron chi connectivity index (χ4n) is 1.63. The number of carbonyl (C=O) groups excluding carboxylic acids is 1. The molecule has 120 valence electrons. The summed E-state index contributed by atoms with van der Waals surface area (Å²) < 4.78 is 26.8. The van der Waals surface area contributed by atoms with Crippen LogP contribution in [0, 0.1) is 21.7 Å². The van der Waals surface area contributed by atoms with Crippen LogP contribution in [0.3, 0.4) is 0 Å². The van der Waals surface area contributed by atoms with Gasteiger partial charge in [-0.3, -0.25) is 19.7 Å². The molecule has 0 atom stereocenters. The molecular weight excluding hydrogens is 312 g/mol. The van der Waals surface area contributed by atoms with Crippen LogP contribution in [0.1, 0.15) is 22.8 Å². The Morgan fingerprint density at radius 2 is 1.48 bits per heavy atom. The summed E-state index contributed by atoms with van der Waals surface area (Å²) in [6, 6.07) is 9.19. The Kier molecular flexibility index (Phi) is 6.02. The summed E-state index contributed by atoms with van der Waals surface area (Å²) in [5, 5.41) is 17.9. The van der Waals surface area contributed by atoms with E-state index in [9.17, 15) is 23.7 Å². The Bertz CT molecular complexity index is 720. The number of nitro groups is 1.